The molecule has 0 unspecified atom stereocenters. The molecule has 0 N–H and O–H groups in total. The summed E-state index contributed by atoms with van der Waals surface area (Å²) >= 11 is 0.899. The van der Waals surface area contributed by atoms with Crippen LogP contribution < -0.4 is 0 Å². The van der Waals surface area contributed by atoms with Crippen molar-refractivity contribution in [1.29, 1.82) is 0 Å². The first kappa shape index (κ1) is 9.70. The van der Waals surface area contributed by atoms with Crippen molar-refractivity contribution in [1.82, 2.24) is 0 Å². The summed E-state index contributed by atoms with van der Waals surface area (Å²) < 4.78 is 4.83. The van der Waals surface area contributed by atoms with Gasteiger partial charge in [-0.25, -0.2) is 0 Å². The van der Waals surface area contributed by atoms with Gasteiger partial charge in [0.15, 0.2) is 0 Å². The minimum absolute atomic E-state index is 0. The molecule has 0 heterocycles. The summed E-state index contributed by atoms with van der Waals surface area (Å²) in [6.45, 7) is 3.06. The number of hydrogen-bond acceptors (Lipinski definition) is 1. The third-order valence-corrected chi connectivity index (χ3v) is 0.816. The fourth-order valence-corrected chi connectivity index (χ4v) is 0.612. The van der Waals surface area contributed by atoms with Gasteiger partial charge < -0.3 is 3.79 Å². The van der Waals surface area contributed by atoms with Crippen molar-refractivity contribution in [3.8, 4) is 0 Å². The topological polar surface area (TPSA) is 9.23 Å². The van der Waals surface area contributed by atoms with E-state index < -0.39 is 0 Å². The van der Waals surface area contributed by atoms with Gasteiger partial charge in [-0.1, -0.05) is 14.4 Å². The van der Waals surface area contributed by atoms with Gasteiger partial charge in [0.1, 0.15) is 0 Å². The molecule has 0 aromatic heterocycles. The third kappa shape index (κ3) is 8.82. The first-order valence-corrected chi connectivity index (χ1v) is 2.72. The standard InChI is InChI=1S/C3H7O.CH4.Al.2H/c1-2-3-4;;;;/h2-3H2,1H3;1H4;;;/q-1;;+1;;. The molecule has 0 spiro atoms. The summed E-state index contributed by atoms with van der Waals surface area (Å²) in [6.07, 6.45) is 1.16. The Morgan fingerprint density at radius 2 is 2.17 bits per heavy atom. The van der Waals surface area contributed by atoms with Gasteiger partial charge in [0.25, 0.3) is 0 Å². The van der Waals surface area contributed by atoms with Crippen LogP contribution in [-0.4, -0.2) is 23.2 Å². The second-order valence-corrected chi connectivity index (χ2v) is 1.57. The van der Waals surface area contributed by atoms with E-state index in [0.717, 1.165) is 29.7 Å². The highest BCUT2D eigenvalue weighted by Gasteiger charge is 1.66. The van der Waals surface area contributed by atoms with E-state index in [1.165, 1.54) is 0 Å². The van der Waals surface area contributed by atoms with E-state index in [1.807, 2.05) is 0 Å². The van der Waals surface area contributed by atoms with Crippen LogP contribution in [0.25, 0.3) is 0 Å². The van der Waals surface area contributed by atoms with Gasteiger partial charge >= 0.3 is 16.6 Å². The van der Waals surface area contributed by atoms with Gasteiger partial charge in [0.05, 0.1) is 0 Å². The van der Waals surface area contributed by atoms with Crippen LogP contribution in [0.4, 0.5) is 0 Å². The van der Waals surface area contributed by atoms with Crippen molar-refractivity contribution < 1.29 is 3.79 Å². The zero-order valence-electron chi connectivity index (χ0n) is 3.82. The molecule has 38 valence electrons. The lowest BCUT2D eigenvalue weighted by atomic mass is 10.5. The van der Waals surface area contributed by atoms with Crippen LogP contribution in [0.1, 0.15) is 20.8 Å². The molecule has 0 aromatic rings. The smallest absolute Gasteiger partial charge is 0.410 e. The van der Waals surface area contributed by atoms with Gasteiger partial charge in [-0.3, -0.25) is 0 Å². The summed E-state index contributed by atoms with van der Waals surface area (Å²) in [4.78, 5) is 0. The van der Waals surface area contributed by atoms with Crippen LogP contribution in [0.5, 0.6) is 0 Å². The van der Waals surface area contributed by atoms with Crippen molar-refractivity contribution >= 4 is 16.6 Å². The minimum Gasteiger partial charge on any atom is -0.506 e. The average molecular weight is 104 g/mol. The Hall–Kier alpha value is 0.492. The summed E-state index contributed by atoms with van der Waals surface area (Å²) in [7, 11) is 0. The van der Waals surface area contributed by atoms with E-state index in [9.17, 15) is 0 Å². The van der Waals surface area contributed by atoms with Gasteiger partial charge in [-0.05, 0) is 6.42 Å². The van der Waals surface area contributed by atoms with E-state index >= 15 is 0 Å². The molecule has 1 nitrogen and oxygen atoms in total. The summed E-state index contributed by atoms with van der Waals surface area (Å²) in [5, 5.41) is 0. The Labute approximate surface area is 48.5 Å². The second-order valence-electron chi connectivity index (χ2n) is 0.993. The van der Waals surface area contributed by atoms with E-state index in [2.05, 4.69) is 6.92 Å². The Balaban J connectivity index is 0. The van der Waals surface area contributed by atoms with Gasteiger partial charge in [0.2, 0.25) is 0 Å². The largest absolute Gasteiger partial charge is 0.506 e. The van der Waals surface area contributed by atoms with Crippen LogP contribution in [0.15, 0.2) is 0 Å². The van der Waals surface area contributed by atoms with Crippen molar-refractivity contribution in [3.05, 3.63) is 0 Å². The normalized spacial score (nSPS) is 6.83. The van der Waals surface area contributed by atoms with Crippen LogP contribution in [0.2, 0.25) is 0 Å². The van der Waals surface area contributed by atoms with Gasteiger partial charge in [-0.15, -0.1) is 0 Å². The summed E-state index contributed by atoms with van der Waals surface area (Å²) in [6, 6.07) is 0. The van der Waals surface area contributed by atoms with Gasteiger partial charge in [0, 0.05) is 6.61 Å². The summed E-state index contributed by atoms with van der Waals surface area (Å²) in [5.41, 5.74) is 0. The predicted octanol–water partition coefficient (Wildman–Crippen LogP) is 0.597. The molecular formula is C4H13AlO. The lowest BCUT2D eigenvalue weighted by molar-refractivity contribution is 0.349. The maximum absolute atomic E-state index is 4.83. The molecule has 0 aromatic carbocycles. The second kappa shape index (κ2) is 9.09. The first-order chi connectivity index (χ1) is 2.41. The SMILES string of the molecule is C.CCC[O][AlH2]. The van der Waals surface area contributed by atoms with Crippen molar-refractivity contribution in [3.63, 3.8) is 0 Å². The predicted molar refractivity (Wildman–Crippen MR) is 31.5 cm³/mol. The Kier molecular flexibility index (Phi) is 14.7. The molecule has 0 saturated heterocycles. The minimum atomic E-state index is 0. The van der Waals surface area contributed by atoms with E-state index in [0.29, 0.717) is 0 Å². The van der Waals surface area contributed by atoms with E-state index in [1.54, 1.807) is 0 Å². The number of rotatable bonds is 2. The van der Waals surface area contributed by atoms with Gasteiger partial charge in [-0.2, -0.15) is 0 Å². The molecule has 0 radical (unpaired) electrons. The molecule has 0 amide bonds. The molecule has 0 atom stereocenters. The Bertz CT molecular complexity index is 15.0. The molecule has 0 aliphatic rings. The number of hydrogen-bond donors (Lipinski definition) is 0. The molecular weight excluding hydrogens is 91.0 g/mol. The average Bonchev–Trinajstić information content (AvgIpc) is 1.41. The highest BCUT2D eigenvalue weighted by atomic mass is 27.1. The summed E-state index contributed by atoms with van der Waals surface area (Å²) in [5.74, 6) is 0. The van der Waals surface area contributed by atoms with Crippen LogP contribution in [0, 0.1) is 0 Å². The van der Waals surface area contributed by atoms with Crippen LogP contribution >= 0.6 is 0 Å². The fourth-order valence-electron chi connectivity index (χ4n) is 0.204. The van der Waals surface area contributed by atoms with Crippen LogP contribution in [-0.2, 0) is 3.79 Å². The Morgan fingerprint density at radius 3 is 2.17 bits per heavy atom. The van der Waals surface area contributed by atoms with Crippen LogP contribution in [0.3, 0.4) is 0 Å². The van der Waals surface area contributed by atoms with Crippen molar-refractivity contribution in [2.24, 2.45) is 0 Å². The van der Waals surface area contributed by atoms with Crippen molar-refractivity contribution in [2.75, 3.05) is 6.61 Å². The van der Waals surface area contributed by atoms with E-state index in [4.69, 9.17) is 3.79 Å². The molecule has 0 saturated carbocycles. The molecule has 0 bridgehead atoms. The van der Waals surface area contributed by atoms with Crippen molar-refractivity contribution in [2.45, 2.75) is 20.8 Å². The lowest BCUT2D eigenvalue weighted by Gasteiger charge is -1.86. The monoisotopic (exact) mass is 104 g/mol. The van der Waals surface area contributed by atoms with E-state index in [-0.39, 0.29) is 7.43 Å². The zero-order valence-corrected chi connectivity index (χ0v) is 5.82. The zero-order chi connectivity index (χ0) is 4.12. The maximum Gasteiger partial charge on any atom is 0.410 e. The molecule has 6 heavy (non-hydrogen) atoms. The molecule has 0 rings (SSSR count). The quantitative estimate of drug-likeness (QED) is 0.466. The maximum atomic E-state index is 4.83. The molecule has 2 heteroatoms. The molecule has 0 aliphatic carbocycles. The Morgan fingerprint density at radius 1 is 1.67 bits per heavy atom. The first-order valence-electron chi connectivity index (χ1n) is 1.90. The molecule has 0 fully saturated rings. The lowest BCUT2D eigenvalue weighted by Crippen LogP contribution is -1.83. The molecule has 0 aliphatic heterocycles. The fraction of sp³-hybridized carbons (Fsp3) is 1.00. The highest BCUT2D eigenvalue weighted by molar-refractivity contribution is 5.97. The highest BCUT2D eigenvalue weighted by Crippen LogP contribution is 1.69. The third-order valence-electron chi connectivity index (χ3n) is 0.408.